The average molecular weight is 274 g/mol. The van der Waals surface area contributed by atoms with E-state index in [9.17, 15) is 4.79 Å². The van der Waals surface area contributed by atoms with Crippen LogP contribution in [0.1, 0.15) is 19.4 Å². The molecule has 1 fully saturated rings. The molecule has 5 nitrogen and oxygen atoms in total. The molecule has 1 saturated heterocycles. The molecule has 0 N–H and O–H groups in total. The maximum atomic E-state index is 12.1. The van der Waals surface area contributed by atoms with Crippen molar-refractivity contribution in [3.63, 3.8) is 0 Å². The summed E-state index contributed by atoms with van der Waals surface area (Å²) in [6.45, 7) is 4.99. The molecule has 1 aliphatic rings. The van der Waals surface area contributed by atoms with E-state index in [1.807, 2.05) is 19.9 Å². The van der Waals surface area contributed by atoms with Crippen LogP contribution in [0, 0.1) is 11.3 Å². The minimum Gasteiger partial charge on any atom is -0.482 e. The summed E-state index contributed by atoms with van der Waals surface area (Å²) in [7, 11) is 0. The number of hydrogen-bond acceptors (Lipinski definition) is 4. The van der Waals surface area contributed by atoms with E-state index in [2.05, 4.69) is 0 Å². The highest BCUT2D eigenvalue weighted by Crippen LogP contribution is 2.17. The van der Waals surface area contributed by atoms with E-state index in [1.165, 1.54) is 0 Å². The summed E-state index contributed by atoms with van der Waals surface area (Å²) in [5, 5.41) is 8.96. The van der Waals surface area contributed by atoms with Gasteiger partial charge in [-0.2, -0.15) is 5.26 Å². The third-order valence-electron chi connectivity index (χ3n) is 3.13. The van der Waals surface area contributed by atoms with Gasteiger partial charge in [-0.05, 0) is 26.0 Å². The number of carbonyl (C=O) groups excluding carboxylic acids is 1. The number of nitriles is 1. The topological polar surface area (TPSA) is 62.6 Å². The molecule has 1 amide bonds. The standard InChI is InChI=1S/C15H18N2O3/c1-11-8-17(9-12(2)20-11)15(18)10-19-14-6-4-3-5-13(14)7-16/h3-6,11-12H,8-10H2,1-2H3/t11-,12+. The normalized spacial score (nSPS) is 22.1. The highest BCUT2D eigenvalue weighted by Gasteiger charge is 2.26. The van der Waals surface area contributed by atoms with Crippen LogP contribution in [0.15, 0.2) is 24.3 Å². The predicted octanol–water partition coefficient (Wildman–Crippen LogP) is 1.57. The zero-order chi connectivity index (χ0) is 14.5. The van der Waals surface area contributed by atoms with Crippen LogP contribution >= 0.6 is 0 Å². The fourth-order valence-electron chi connectivity index (χ4n) is 2.30. The zero-order valence-electron chi connectivity index (χ0n) is 11.7. The molecule has 1 aromatic carbocycles. The van der Waals surface area contributed by atoms with Gasteiger partial charge < -0.3 is 14.4 Å². The van der Waals surface area contributed by atoms with Crippen molar-refractivity contribution in [2.45, 2.75) is 26.1 Å². The smallest absolute Gasteiger partial charge is 0.260 e. The average Bonchev–Trinajstić information content (AvgIpc) is 2.44. The van der Waals surface area contributed by atoms with Gasteiger partial charge in [0.2, 0.25) is 0 Å². The van der Waals surface area contributed by atoms with Gasteiger partial charge in [0.25, 0.3) is 5.91 Å². The van der Waals surface area contributed by atoms with Crippen LogP contribution in [0.3, 0.4) is 0 Å². The summed E-state index contributed by atoms with van der Waals surface area (Å²) in [5.74, 6) is 0.359. The van der Waals surface area contributed by atoms with Gasteiger partial charge >= 0.3 is 0 Å². The van der Waals surface area contributed by atoms with Crippen molar-refractivity contribution in [3.8, 4) is 11.8 Å². The van der Waals surface area contributed by atoms with Crippen molar-refractivity contribution in [2.75, 3.05) is 19.7 Å². The van der Waals surface area contributed by atoms with Crippen molar-refractivity contribution in [3.05, 3.63) is 29.8 Å². The Kier molecular flexibility index (Phi) is 4.59. The molecule has 1 heterocycles. The number of para-hydroxylation sites is 1. The van der Waals surface area contributed by atoms with Gasteiger partial charge in [-0.25, -0.2) is 0 Å². The second kappa shape index (κ2) is 6.40. The Morgan fingerprint density at radius 1 is 1.40 bits per heavy atom. The summed E-state index contributed by atoms with van der Waals surface area (Å²) < 4.78 is 11.0. The van der Waals surface area contributed by atoms with Crippen molar-refractivity contribution in [1.29, 1.82) is 5.26 Å². The molecule has 0 aromatic heterocycles. The zero-order valence-corrected chi connectivity index (χ0v) is 11.7. The lowest BCUT2D eigenvalue weighted by atomic mass is 10.2. The Morgan fingerprint density at radius 2 is 2.05 bits per heavy atom. The molecule has 1 aliphatic heterocycles. The van der Waals surface area contributed by atoms with Crippen LogP contribution in [0.2, 0.25) is 0 Å². The van der Waals surface area contributed by atoms with E-state index in [4.69, 9.17) is 14.7 Å². The number of hydrogen-bond donors (Lipinski definition) is 0. The van der Waals surface area contributed by atoms with Gasteiger partial charge in [-0.1, -0.05) is 12.1 Å². The molecule has 20 heavy (non-hydrogen) atoms. The van der Waals surface area contributed by atoms with Crippen molar-refractivity contribution in [1.82, 2.24) is 4.90 Å². The maximum absolute atomic E-state index is 12.1. The molecule has 1 aromatic rings. The Bertz CT molecular complexity index is 514. The number of ether oxygens (including phenoxy) is 2. The predicted molar refractivity (Wildman–Crippen MR) is 73.2 cm³/mol. The van der Waals surface area contributed by atoms with Gasteiger partial charge in [0, 0.05) is 13.1 Å². The van der Waals surface area contributed by atoms with E-state index >= 15 is 0 Å². The SMILES string of the molecule is C[C@@H]1CN(C(=O)COc2ccccc2C#N)C[C@H](C)O1. The monoisotopic (exact) mass is 274 g/mol. The molecular formula is C15H18N2O3. The molecule has 0 spiro atoms. The van der Waals surface area contributed by atoms with E-state index in [0.717, 1.165) is 0 Å². The molecular weight excluding hydrogens is 256 g/mol. The first kappa shape index (κ1) is 14.4. The molecule has 5 heteroatoms. The number of carbonyl (C=O) groups is 1. The molecule has 0 saturated carbocycles. The third kappa shape index (κ3) is 3.49. The van der Waals surface area contributed by atoms with Gasteiger partial charge in [0.15, 0.2) is 6.61 Å². The molecule has 2 atom stereocenters. The summed E-state index contributed by atoms with van der Waals surface area (Å²) in [5.41, 5.74) is 0.434. The fourth-order valence-corrected chi connectivity index (χ4v) is 2.30. The highest BCUT2D eigenvalue weighted by atomic mass is 16.5. The minimum absolute atomic E-state index is 0.0362. The number of benzene rings is 1. The highest BCUT2D eigenvalue weighted by molar-refractivity contribution is 5.78. The molecule has 0 aliphatic carbocycles. The first-order valence-corrected chi connectivity index (χ1v) is 6.65. The Labute approximate surface area is 118 Å². The fraction of sp³-hybridized carbons (Fsp3) is 0.467. The maximum Gasteiger partial charge on any atom is 0.260 e. The summed E-state index contributed by atoms with van der Waals surface area (Å²) >= 11 is 0. The second-order valence-electron chi connectivity index (χ2n) is 4.95. The van der Waals surface area contributed by atoms with Crippen LogP contribution in [-0.4, -0.2) is 42.7 Å². The Morgan fingerprint density at radius 3 is 2.70 bits per heavy atom. The summed E-state index contributed by atoms with van der Waals surface area (Å²) in [4.78, 5) is 13.9. The molecule has 2 rings (SSSR count). The lowest BCUT2D eigenvalue weighted by Gasteiger charge is -2.35. The van der Waals surface area contributed by atoms with Gasteiger partial charge in [-0.15, -0.1) is 0 Å². The Balaban J connectivity index is 1.94. The van der Waals surface area contributed by atoms with Crippen molar-refractivity contribution >= 4 is 5.91 Å². The van der Waals surface area contributed by atoms with Crippen LogP contribution in [0.5, 0.6) is 5.75 Å². The number of amides is 1. The van der Waals surface area contributed by atoms with Crippen LogP contribution < -0.4 is 4.74 Å². The van der Waals surface area contributed by atoms with Crippen molar-refractivity contribution < 1.29 is 14.3 Å². The van der Waals surface area contributed by atoms with E-state index in [0.29, 0.717) is 24.4 Å². The summed E-state index contributed by atoms with van der Waals surface area (Å²) in [6, 6.07) is 8.94. The minimum atomic E-state index is -0.0836. The van der Waals surface area contributed by atoms with Gasteiger partial charge in [0.1, 0.15) is 11.8 Å². The molecule has 106 valence electrons. The lowest BCUT2D eigenvalue weighted by Crippen LogP contribution is -2.49. The van der Waals surface area contributed by atoms with E-state index in [1.54, 1.807) is 29.2 Å². The van der Waals surface area contributed by atoms with E-state index < -0.39 is 0 Å². The molecule has 0 unspecified atom stereocenters. The van der Waals surface area contributed by atoms with E-state index in [-0.39, 0.29) is 24.7 Å². The number of morpholine rings is 1. The van der Waals surface area contributed by atoms with Crippen LogP contribution in [0.25, 0.3) is 0 Å². The van der Waals surface area contributed by atoms with Gasteiger partial charge in [-0.3, -0.25) is 4.79 Å². The third-order valence-corrected chi connectivity index (χ3v) is 3.13. The van der Waals surface area contributed by atoms with Crippen LogP contribution in [-0.2, 0) is 9.53 Å². The quantitative estimate of drug-likeness (QED) is 0.839. The summed E-state index contributed by atoms with van der Waals surface area (Å²) in [6.07, 6.45) is 0.0724. The first-order valence-electron chi connectivity index (χ1n) is 6.65. The first-order chi connectivity index (χ1) is 9.60. The largest absolute Gasteiger partial charge is 0.482 e. The van der Waals surface area contributed by atoms with Gasteiger partial charge in [0.05, 0.1) is 17.8 Å². The number of rotatable bonds is 3. The Hall–Kier alpha value is -2.06. The van der Waals surface area contributed by atoms with Crippen molar-refractivity contribution in [2.24, 2.45) is 0 Å². The lowest BCUT2D eigenvalue weighted by molar-refractivity contribution is -0.145. The molecule has 0 bridgehead atoms. The second-order valence-corrected chi connectivity index (χ2v) is 4.95. The number of nitrogens with zero attached hydrogens (tertiary/aromatic N) is 2. The molecule has 0 radical (unpaired) electrons. The van der Waals surface area contributed by atoms with Crippen LogP contribution in [0.4, 0.5) is 0 Å².